The van der Waals surface area contributed by atoms with Crippen molar-refractivity contribution in [2.24, 2.45) is 5.92 Å². The molecule has 1 spiro atoms. The zero-order valence-corrected chi connectivity index (χ0v) is 32.1. The van der Waals surface area contributed by atoms with Crippen molar-refractivity contribution in [1.82, 2.24) is 25.2 Å². The minimum Gasteiger partial charge on any atom is -0.483 e. The Balaban J connectivity index is 1.23. The van der Waals surface area contributed by atoms with Crippen LogP contribution in [0.4, 0.5) is 4.79 Å². The lowest BCUT2D eigenvalue weighted by atomic mass is 9.87. The Bertz CT molecular complexity index is 1990. The Hall–Kier alpha value is -4.20. The first-order chi connectivity index (χ1) is 25.0. The number of allylic oxidation sites excluding steroid dienone is 1. The molecule has 53 heavy (non-hydrogen) atoms. The number of aryl methyl sites for hydroxylation is 3. The molecule has 286 valence electrons. The number of benzene rings is 1. The SMILES string of the molecule is Cc1ccc2nc(C)c3c(c2c1)CC[C@]1(C[C@H]2C(=O)N[C@]4(C(=O)NS(=O)(=O)C5CC5)C[C@H]4/C=C\CCCCC[C@H](NC(=O)OC(C)(C)C)C(=O)N2C1)O3. The van der Waals surface area contributed by atoms with Gasteiger partial charge in [0.1, 0.15) is 34.6 Å². The molecule has 4 heterocycles. The highest BCUT2D eigenvalue weighted by atomic mass is 32.2. The minimum absolute atomic E-state index is 0.0692. The molecule has 1 aromatic carbocycles. The van der Waals surface area contributed by atoms with Crippen molar-refractivity contribution in [3.63, 3.8) is 0 Å². The maximum absolute atomic E-state index is 14.7. The van der Waals surface area contributed by atoms with E-state index in [1.165, 1.54) is 4.90 Å². The molecule has 14 heteroatoms. The number of fused-ring (bicyclic) bond motifs is 5. The van der Waals surface area contributed by atoms with Crippen LogP contribution in [-0.4, -0.2) is 82.7 Å². The number of sulfonamides is 1. The van der Waals surface area contributed by atoms with E-state index in [0.717, 1.165) is 34.9 Å². The van der Waals surface area contributed by atoms with Crippen LogP contribution in [0, 0.1) is 19.8 Å². The van der Waals surface area contributed by atoms with Crippen molar-refractivity contribution in [2.45, 2.75) is 139 Å². The fourth-order valence-corrected chi connectivity index (χ4v) is 9.52. The number of carbonyl (C=O) groups is 4. The van der Waals surface area contributed by atoms with Crippen LogP contribution in [0.1, 0.15) is 102 Å². The van der Waals surface area contributed by atoms with Crippen molar-refractivity contribution in [2.75, 3.05) is 6.54 Å². The second-order valence-electron chi connectivity index (χ2n) is 16.7. The number of nitrogens with one attached hydrogen (secondary N) is 3. The molecule has 2 aliphatic carbocycles. The van der Waals surface area contributed by atoms with Gasteiger partial charge in [0.2, 0.25) is 21.8 Å². The molecular formula is C39H51N5O8S. The molecule has 2 aromatic rings. The maximum Gasteiger partial charge on any atom is 0.408 e. The van der Waals surface area contributed by atoms with E-state index in [2.05, 4.69) is 21.4 Å². The highest BCUT2D eigenvalue weighted by molar-refractivity contribution is 7.91. The standard InChI is InChI=1S/C39H51N5O8S/c1-23-13-16-29-28(19-23)27-17-18-38(51-32(27)24(2)40-29)21-31-33(45)42-39(35(47)43-53(49,50)26-14-15-26)20-25(39)11-9-7-6-8-10-12-30(34(46)44(31)22-38)41-36(48)52-37(3,4)5/h9,11,13,16,19,25-26,30-31H,6-8,10,12,14-15,17-18,20-22H2,1-5H3,(H,41,48)(H,42,45)(H,43,47)/b11-9-/t25-,30+,31+,38-,39-/m1/s1. The van der Waals surface area contributed by atoms with Crippen LogP contribution in [0.3, 0.4) is 0 Å². The molecule has 4 amide bonds. The number of hydrogen-bond donors (Lipinski definition) is 3. The number of alkyl carbamates (subject to hydrolysis) is 1. The first kappa shape index (κ1) is 37.1. The monoisotopic (exact) mass is 749 g/mol. The topological polar surface area (TPSA) is 173 Å². The van der Waals surface area contributed by atoms with E-state index in [1.807, 2.05) is 38.1 Å². The first-order valence-corrected chi connectivity index (χ1v) is 20.5. The van der Waals surface area contributed by atoms with Gasteiger partial charge in [0, 0.05) is 23.3 Å². The van der Waals surface area contributed by atoms with Crippen LogP contribution >= 0.6 is 0 Å². The predicted molar refractivity (Wildman–Crippen MR) is 197 cm³/mol. The van der Waals surface area contributed by atoms with E-state index in [-0.39, 0.29) is 19.4 Å². The summed E-state index contributed by atoms with van der Waals surface area (Å²) in [6.07, 6.45) is 8.89. The molecule has 0 bridgehead atoms. The summed E-state index contributed by atoms with van der Waals surface area (Å²) in [6.45, 7) is 9.23. The lowest BCUT2D eigenvalue weighted by molar-refractivity contribution is -0.141. The van der Waals surface area contributed by atoms with E-state index in [0.29, 0.717) is 56.4 Å². The number of rotatable bonds is 4. The quantitative estimate of drug-likeness (QED) is 0.383. The molecule has 2 saturated carbocycles. The number of hydrogen-bond acceptors (Lipinski definition) is 9. The molecular weight excluding hydrogens is 699 g/mol. The smallest absolute Gasteiger partial charge is 0.408 e. The van der Waals surface area contributed by atoms with Crippen LogP contribution in [0.15, 0.2) is 30.4 Å². The highest BCUT2D eigenvalue weighted by Crippen LogP contribution is 2.48. The van der Waals surface area contributed by atoms with Crippen LogP contribution < -0.4 is 20.1 Å². The highest BCUT2D eigenvalue weighted by Gasteiger charge is 2.63. The predicted octanol–water partition coefficient (Wildman–Crippen LogP) is 4.41. The minimum atomic E-state index is -3.88. The van der Waals surface area contributed by atoms with Crippen molar-refractivity contribution >= 4 is 44.7 Å². The van der Waals surface area contributed by atoms with Gasteiger partial charge in [-0.1, -0.05) is 36.6 Å². The average Bonchev–Trinajstić information content (AvgIpc) is 4.00. The molecule has 13 nitrogen and oxygen atoms in total. The number of ether oxygens (including phenoxy) is 2. The number of amides is 4. The Morgan fingerprint density at radius 3 is 2.58 bits per heavy atom. The number of carbonyl (C=O) groups excluding carboxylic acids is 4. The largest absolute Gasteiger partial charge is 0.483 e. The third-order valence-corrected chi connectivity index (χ3v) is 13.0. The van der Waals surface area contributed by atoms with Gasteiger partial charge in [-0.05, 0) is 98.1 Å². The lowest BCUT2D eigenvalue weighted by Gasteiger charge is -2.37. The maximum atomic E-state index is 14.7. The van der Waals surface area contributed by atoms with Gasteiger partial charge in [0.25, 0.3) is 5.91 Å². The zero-order valence-electron chi connectivity index (χ0n) is 31.3. The van der Waals surface area contributed by atoms with Gasteiger partial charge in [0.05, 0.1) is 23.0 Å². The lowest BCUT2D eigenvalue weighted by Crippen LogP contribution is -2.58. The van der Waals surface area contributed by atoms with E-state index < -0.39 is 73.8 Å². The number of nitrogens with zero attached hydrogens (tertiary/aromatic N) is 2. The Morgan fingerprint density at radius 2 is 1.85 bits per heavy atom. The molecule has 3 N–H and O–H groups in total. The van der Waals surface area contributed by atoms with Gasteiger partial charge in [-0.2, -0.15) is 0 Å². The molecule has 5 aliphatic rings. The first-order valence-electron chi connectivity index (χ1n) is 18.9. The van der Waals surface area contributed by atoms with Crippen LogP contribution in [0.25, 0.3) is 10.9 Å². The fourth-order valence-electron chi connectivity index (χ4n) is 8.16. The molecule has 0 unspecified atom stereocenters. The number of pyridine rings is 1. The average molecular weight is 750 g/mol. The summed E-state index contributed by atoms with van der Waals surface area (Å²) in [5, 5.41) is 6.12. The van der Waals surface area contributed by atoms with E-state index in [4.69, 9.17) is 14.5 Å². The molecule has 0 radical (unpaired) electrons. The van der Waals surface area contributed by atoms with Gasteiger partial charge in [0.15, 0.2) is 0 Å². The second-order valence-corrected chi connectivity index (χ2v) is 18.7. The molecule has 5 atom stereocenters. The second kappa shape index (κ2) is 13.6. The van der Waals surface area contributed by atoms with Crippen LogP contribution in [-0.2, 0) is 35.6 Å². The van der Waals surface area contributed by atoms with Gasteiger partial charge in [-0.15, -0.1) is 0 Å². The summed E-state index contributed by atoms with van der Waals surface area (Å²) in [6, 6.07) is 4.07. The van der Waals surface area contributed by atoms with Crippen molar-refractivity contribution in [1.29, 1.82) is 0 Å². The van der Waals surface area contributed by atoms with Crippen molar-refractivity contribution in [3.8, 4) is 5.75 Å². The van der Waals surface area contributed by atoms with Crippen molar-refractivity contribution in [3.05, 3.63) is 47.2 Å². The van der Waals surface area contributed by atoms with E-state index in [9.17, 15) is 27.6 Å². The van der Waals surface area contributed by atoms with Gasteiger partial charge < -0.3 is 25.0 Å². The summed E-state index contributed by atoms with van der Waals surface area (Å²) >= 11 is 0. The number of aromatic nitrogens is 1. The van der Waals surface area contributed by atoms with E-state index >= 15 is 0 Å². The van der Waals surface area contributed by atoms with Gasteiger partial charge in [-0.25, -0.2) is 18.2 Å². The third kappa shape index (κ3) is 7.61. The molecule has 1 aromatic heterocycles. The Kier molecular flexibility index (Phi) is 9.51. The van der Waals surface area contributed by atoms with Gasteiger partial charge in [-0.3, -0.25) is 19.1 Å². The van der Waals surface area contributed by atoms with Crippen LogP contribution in [0.2, 0.25) is 0 Å². The summed E-state index contributed by atoms with van der Waals surface area (Å²) in [5.41, 5.74) is 0.484. The summed E-state index contributed by atoms with van der Waals surface area (Å²) in [4.78, 5) is 62.4. The van der Waals surface area contributed by atoms with Crippen molar-refractivity contribution < 1.29 is 37.1 Å². The zero-order chi connectivity index (χ0) is 37.9. The van der Waals surface area contributed by atoms with E-state index in [1.54, 1.807) is 20.8 Å². The van der Waals surface area contributed by atoms with Crippen LogP contribution in [0.5, 0.6) is 5.75 Å². The normalized spacial score (nSPS) is 29.8. The molecule has 1 saturated heterocycles. The Labute approximate surface area is 311 Å². The molecule has 7 rings (SSSR count). The fraction of sp³-hybridized carbons (Fsp3) is 0.615. The summed E-state index contributed by atoms with van der Waals surface area (Å²) < 4.78 is 40.4. The molecule has 3 fully saturated rings. The third-order valence-electron chi connectivity index (χ3n) is 11.2. The Morgan fingerprint density at radius 1 is 1.08 bits per heavy atom. The summed E-state index contributed by atoms with van der Waals surface area (Å²) in [5.74, 6) is -1.55. The summed E-state index contributed by atoms with van der Waals surface area (Å²) in [7, 11) is -3.88. The van der Waals surface area contributed by atoms with Gasteiger partial charge >= 0.3 is 6.09 Å². The molecule has 3 aliphatic heterocycles.